The fraction of sp³-hybridized carbons (Fsp3) is 0.100. The molecular formula is C20H13F4N5O. The van der Waals surface area contributed by atoms with E-state index < -0.39 is 28.7 Å². The van der Waals surface area contributed by atoms with Gasteiger partial charge in [-0.1, -0.05) is 30.3 Å². The second kappa shape index (κ2) is 8.16. The number of hydrogen-bond acceptors (Lipinski definition) is 5. The summed E-state index contributed by atoms with van der Waals surface area (Å²) in [5.41, 5.74) is 0.405. The molecule has 0 unspecified atom stereocenters. The first-order chi connectivity index (χ1) is 14.2. The number of hydrazone groups is 1. The van der Waals surface area contributed by atoms with Crippen molar-refractivity contribution in [3.05, 3.63) is 80.9 Å². The van der Waals surface area contributed by atoms with Crippen LogP contribution >= 0.6 is 0 Å². The van der Waals surface area contributed by atoms with E-state index in [9.17, 15) is 27.6 Å². The molecule has 2 aromatic carbocycles. The van der Waals surface area contributed by atoms with Crippen LogP contribution in [0.15, 0.2) is 52.4 Å². The molecule has 3 rings (SSSR count). The summed E-state index contributed by atoms with van der Waals surface area (Å²) in [5.74, 6) is -1.64. The molecule has 0 radical (unpaired) electrons. The molecule has 1 aromatic heterocycles. The lowest BCUT2D eigenvalue weighted by Crippen LogP contribution is -2.16. The van der Waals surface area contributed by atoms with E-state index in [4.69, 9.17) is 0 Å². The molecular weight excluding hydrogens is 402 g/mol. The lowest BCUT2D eigenvalue weighted by atomic mass is 10.1. The van der Waals surface area contributed by atoms with Gasteiger partial charge in [-0.2, -0.15) is 23.5 Å². The standard InChI is InChI=1S/C20H13F4N5O/c1-11-7-13(16(21)15(8-11)20(22,23)24)10-26-29-19-27-17(12-5-3-2-4-6-12)14(9-25)18(30)28-19/h2-8,10H,1H3,(H2,27,28,29,30). The van der Waals surface area contributed by atoms with E-state index in [1.165, 1.54) is 13.0 Å². The van der Waals surface area contributed by atoms with Gasteiger partial charge in [0.2, 0.25) is 5.95 Å². The normalized spacial score (nSPS) is 11.5. The van der Waals surface area contributed by atoms with Crippen LogP contribution in [0.3, 0.4) is 0 Å². The number of aromatic amines is 1. The van der Waals surface area contributed by atoms with Gasteiger partial charge in [-0.15, -0.1) is 0 Å². The van der Waals surface area contributed by atoms with Gasteiger partial charge in [-0.05, 0) is 24.6 Å². The van der Waals surface area contributed by atoms with E-state index in [-0.39, 0.29) is 22.8 Å². The Hall–Kier alpha value is -4.00. The molecule has 0 aliphatic rings. The number of hydrogen-bond donors (Lipinski definition) is 2. The summed E-state index contributed by atoms with van der Waals surface area (Å²) in [4.78, 5) is 18.6. The first kappa shape index (κ1) is 20.7. The largest absolute Gasteiger partial charge is 0.419 e. The highest BCUT2D eigenvalue weighted by atomic mass is 19.4. The summed E-state index contributed by atoms with van der Waals surface area (Å²) >= 11 is 0. The minimum Gasteiger partial charge on any atom is -0.290 e. The molecule has 1 heterocycles. The van der Waals surface area contributed by atoms with Crippen LogP contribution in [-0.4, -0.2) is 16.2 Å². The Morgan fingerprint density at radius 3 is 2.57 bits per heavy atom. The van der Waals surface area contributed by atoms with E-state index in [0.717, 1.165) is 6.21 Å². The van der Waals surface area contributed by atoms with Crippen LogP contribution in [0.5, 0.6) is 0 Å². The van der Waals surface area contributed by atoms with Crippen LogP contribution in [0.4, 0.5) is 23.5 Å². The number of benzene rings is 2. The second-order valence-corrected chi connectivity index (χ2v) is 6.20. The van der Waals surface area contributed by atoms with Crippen molar-refractivity contribution in [1.29, 1.82) is 5.26 Å². The molecule has 0 bridgehead atoms. The summed E-state index contributed by atoms with van der Waals surface area (Å²) in [6.07, 6.45) is -4.01. The molecule has 10 heteroatoms. The SMILES string of the molecule is Cc1cc(C=NNc2nc(-c3ccccc3)c(C#N)c(=O)[nH]2)c(F)c(C(F)(F)F)c1. The van der Waals surface area contributed by atoms with Crippen LogP contribution in [0.2, 0.25) is 0 Å². The molecule has 0 amide bonds. The lowest BCUT2D eigenvalue weighted by Gasteiger charge is -2.11. The molecule has 152 valence electrons. The van der Waals surface area contributed by atoms with Crippen LogP contribution < -0.4 is 11.0 Å². The maximum Gasteiger partial charge on any atom is 0.419 e. The van der Waals surface area contributed by atoms with Gasteiger partial charge in [0.1, 0.15) is 17.4 Å². The second-order valence-electron chi connectivity index (χ2n) is 6.20. The topological polar surface area (TPSA) is 93.9 Å². The Morgan fingerprint density at radius 1 is 1.23 bits per heavy atom. The van der Waals surface area contributed by atoms with Crippen molar-refractivity contribution < 1.29 is 17.6 Å². The zero-order valence-electron chi connectivity index (χ0n) is 15.4. The zero-order chi connectivity index (χ0) is 21.9. The Labute approximate surface area is 167 Å². The maximum absolute atomic E-state index is 14.2. The lowest BCUT2D eigenvalue weighted by molar-refractivity contribution is -0.140. The summed E-state index contributed by atoms with van der Waals surface area (Å²) < 4.78 is 53.0. The summed E-state index contributed by atoms with van der Waals surface area (Å²) in [6, 6.07) is 12.1. The minimum absolute atomic E-state index is 0.0978. The molecule has 0 atom stereocenters. The van der Waals surface area contributed by atoms with Crippen molar-refractivity contribution in [3.8, 4) is 17.3 Å². The average molecular weight is 415 g/mol. The predicted molar refractivity (Wildman–Crippen MR) is 102 cm³/mol. The number of alkyl halides is 3. The highest BCUT2D eigenvalue weighted by Crippen LogP contribution is 2.33. The number of rotatable bonds is 4. The van der Waals surface area contributed by atoms with E-state index in [1.54, 1.807) is 36.4 Å². The fourth-order valence-electron chi connectivity index (χ4n) is 2.69. The molecule has 0 aliphatic heterocycles. The van der Waals surface area contributed by atoms with Crippen LogP contribution in [-0.2, 0) is 6.18 Å². The zero-order valence-corrected chi connectivity index (χ0v) is 15.4. The monoisotopic (exact) mass is 415 g/mol. The van der Waals surface area contributed by atoms with Gasteiger partial charge in [-0.3, -0.25) is 9.78 Å². The van der Waals surface area contributed by atoms with Gasteiger partial charge < -0.3 is 0 Å². The van der Waals surface area contributed by atoms with Gasteiger partial charge in [0, 0.05) is 11.1 Å². The Morgan fingerprint density at radius 2 is 1.93 bits per heavy atom. The van der Waals surface area contributed by atoms with Gasteiger partial charge >= 0.3 is 6.18 Å². The summed E-state index contributed by atoms with van der Waals surface area (Å²) in [5, 5.41) is 12.9. The summed E-state index contributed by atoms with van der Waals surface area (Å²) in [7, 11) is 0. The molecule has 30 heavy (non-hydrogen) atoms. The highest BCUT2D eigenvalue weighted by Gasteiger charge is 2.35. The molecule has 0 fully saturated rings. The highest BCUT2D eigenvalue weighted by molar-refractivity contribution is 5.81. The fourth-order valence-corrected chi connectivity index (χ4v) is 2.69. The third-order valence-corrected chi connectivity index (χ3v) is 4.00. The predicted octanol–water partition coefficient (Wildman–Crippen LogP) is 4.22. The number of nitriles is 1. The Balaban J connectivity index is 1.95. The maximum atomic E-state index is 14.2. The molecule has 6 nitrogen and oxygen atoms in total. The molecule has 0 aliphatic carbocycles. The molecule has 2 N–H and O–H groups in total. The van der Waals surface area contributed by atoms with Gasteiger partial charge in [0.15, 0.2) is 0 Å². The van der Waals surface area contributed by atoms with E-state index >= 15 is 0 Å². The van der Waals surface area contributed by atoms with Crippen LogP contribution in [0.1, 0.15) is 22.3 Å². The van der Waals surface area contributed by atoms with E-state index in [2.05, 4.69) is 20.5 Å². The quantitative estimate of drug-likeness (QED) is 0.379. The van der Waals surface area contributed by atoms with Crippen molar-refractivity contribution in [2.45, 2.75) is 13.1 Å². The molecule has 0 saturated heterocycles. The first-order valence-electron chi connectivity index (χ1n) is 8.47. The van der Waals surface area contributed by atoms with Crippen molar-refractivity contribution in [3.63, 3.8) is 0 Å². The van der Waals surface area contributed by atoms with Crippen molar-refractivity contribution in [2.75, 3.05) is 5.43 Å². The molecule has 3 aromatic rings. The number of nitrogens with one attached hydrogen (secondary N) is 2. The molecule has 0 spiro atoms. The van der Waals surface area contributed by atoms with E-state index in [1.807, 2.05) is 0 Å². The Kier molecular flexibility index (Phi) is 5.64. The van der Waals surface area contributed by atoms with Crippen molar-refractivity contribution in [2.24, 2.45) is 5.10 Å². The summed E-state index contributed by atoms with van der Waals surface area (Å²) in [6.45, 7) is 1.39. The Bertz CT molecular complexity index is 1210. The minimum atomic E-state index is -4.85. The van der Waals surface area contributed by atoms with Crippen LogP contribution in [0, 0.1) is 24.1 Å². The van der Waals surface area contributed by atoms with Gasteiger partial charge in [-0.25, -0.2) is 14.8 Å². The van der Waals surface area contributed by atoms with Gasteiger partial charge in [0.25, 0.3) is 5.56 Å². The number of H-pyrrole nitrogens is 1. The first-order valence-corrected chi connectivity index (χ1v) is 8.47. The number of halogens is 4. The van der Waals surface area contributed by atoms with Gasteiger partial charge in [0.05, 0.1) is 17.5 Å². The number of anilines is 1. The van der Waals surface area contributed by atoms with E-state index in [0.29, 0.717) is 11.6 Å². The van der Waals surface area contributed by atoms with Crippen LogP contribution in [0.25, 0.3) is 11.3 Å². The third kappa shape index (κ3) is 4.35. The number of aryl methyl sites for hydroxylation is 1. The third-order valence-electron chi connectivity index (χ3n) is 4.00. The van der Waals surface area contributed by atoms with Crippen molar-refractivity contribution in [1.82, 2.24) is 9.97 Å². The number of nitrogens with zero attached hydrogens (tertiary/aromatic N) is 3. The molecule has 0 saturated carbocycles. The average Bonchev–Trinajstić information content (AvgIpc) is 2.69. The smallest absolute Gasteiger partial charge is 0.290 e. The number of aromatic nitrogens is 2. The van der Waals surface area contributed by atoms with Crippen molar-refractivity contribution >= 4 is 12.2 Å².